The summed E-state index contributed by atoms with van der Waals surface area (Å²) in [6.07, 6.45) is 0. The lowest BCUT2D eigenvalue weighted by atomic mass is 10.3. The first-order valence-electron chi connectivity index (χ1n) is 7.86. The minimum atomic E-state index is -3.37. The highest BCUT2D eigenvalue weighted by Gasteiger charge is 2.30. The molecule has 3 aromatic carbocycles. The van der Waals surface area contributed by atoms with Gasteiger partial charge in [-0.05, 0) is 42.5 Å². The van der Waals surface area contributed by atoms with E-state index in [4.69, 9.17) is 4.52 Å². The van der Waals surface area contributed by atoms with E-state index in [-0.39, 0.29) is 5.91 Å². The van der Waals surface area contributed by atoms with Crippen molar-refractivity contribution in [3.63, 3.8) is 0 Å². The summed E-state index contributed by atoms with van der Waals surface area (Å²) >= 11 is 0. The first-order chi connectivity index (χ1) is 12.1. The molecule has 1 atom stereocenters. The van der Waals surface area contributed by atoms with Crippen molar-refractivity contribution in [2.75, 3.05) is 5.32 Å². The average Bonchev–Trinajstić information content (AvgIpc) is 2.63. The van der Waals surface area contributed by atoms with Crippen molar-refractivity contribution in [3.05, 3.63) is 84.9 Å². The second-order valence-corrected chi connectivity index (χ2v) is 7.84. The minimum absolute atomic E-state index is 0.185. The van der Waals surface area contributed by atoms with Gasteiger partial charge >= 0.3 is 7.37 Å². The van der Waals surface area contributed by atoms with Crippen molar-refractivity contribution in [1.29, 1.82) is 0 Å². The van der Waals surface area contributed by atoms with Crippen LogP contribution in [0.2, 0.25) is 0 Å². The summed E-state index contributed by atoms with van der Waals surface area (Å²) in [5.41, 5.74) is 0.581. The molecule has 25 heavy (non-hydrogen) atoms. The summed E-state index contributed by atoms with van der Waals surface area (Å²) < 4.78 is 19.9. The van der Waals surface area contributed by atoms with E-state index in [1.54, 1.807) is 48.5 Å². The Bertz CT molecular complexity index is 910. The van der Waals surface area contributed by atoms with Crippen LogP contribution in [0.5, 0.6) is 5.75 Å². The number of carbonyl (C=O) groups excluding carboxylic acids is 1. The number of para-hydroxylation sites is 1. The molecule has 0 radical (unpaired) electrons. The lowest BCUT2D eigenvalue weighted by Gasteiger charge is -2.21. The summed E-state index contributed by atoms with van der Waals surface area (Å²) in [5, 5.41) is 3.84. The van der Waals surface area contributed by atoms with E-state index in [0.29, 0.717) is 22.0 Å². The zero-order valence-electron chi connectivity index (χ0n) is 13.8. The Balaban J connectivity index is 2.09. The van der Waals surface area contributed by atoms with Gasteiger partial charge < -0.3 is 9.84 Å². The van der Waals surface area contributed by atoms with Crippen LogP contribution < -0.4 is 20.4 Å². The highest BCUT2D eigenvalue weighted by molar-refractivity contribution is 7.74. The van der Waals surface area contributed by atoms with Crippen LogP contribution >= 0.6 is 7.37 Å². The average molecular weight is 351 g/mol. The Morgan fingerprint density at radius 3 is 2.08 bits per heavy atom. The smallest absolute Gasteiger partial charge is 0.306 e. The SMILES string of the molecule is CC(=O)Nc1cccc([P@@](=O)(Oc2ccccc2)c2ccccc2)c1. The Kier molecular flexibility index (Phi) is 5.01. The third-order valence-electron chi connectivity index (χ3n) is 3.58. The van der Waals surface area contributed by atoms with Gasteiger partial charge in [0.05, 0.1) is 10.6 Å². The molecule has 0 aliphatic heterocycles. The quantitative estimate of drug-likeness (QED) is 0.708. The second-order valence-electron chi connectivity index (χ2n) is 5.52. The fourth-order valence-corrected chi connectivity index (χ4v) is 4.56. The van der Waals surface area contributed by atoms with Gasteiger partial charge in [-0.25, -0.2) is 0 Å². The van der Waals surface area contributed by atoms with Gasteiger partial charge in [0.15, 0.2) is 0 Å². The largest absolute Gasteiger partial charge is 0.437 e. The van der Waals surface area contributed by atoms with Crippen LogP contribution in [0.3, 0.4) is 0 Å². The molecule has 0 aromatic heterocycles. The molecule has 1 N–H and O–H groups in total. The molecule has 3 aromatic rings. The molecule has 0 aliphatic carbocycles. The normalized spacial score (nSPS) is 12.8. The molecule has 1 amide bonds. The molecule has 0 spiro atoms. The first-order valence-corrected chi connectivity index (χ1v) is 9.49. The molecule has 0 fully saturated rings. The Morgan fingerprint density at radius 1 is 0.840 bits per heavy atom. The number of amides is 1. The number of carbonyl (C=O) groups is 1. The van der Waals surface area contributed by atoms with E-state index in [1.807, 2.05) is 36.4 Å². The van der Waals surface area contributed by atoms with E-state index in [0.717, 1.165) is 0 Å². The van der Waals surface area contributed by atoms with Crippen LogP contribution in [-0.2, 0) is 9.36 Å². The van der Waals surface area contributed by atoms with Gasteiger partial charge in [0.2, 0.25) is 5.91 Å². The topological polar surface area (TPSA) is 55.4 Å². The third-order valence-corrected chi connectivity index (χ3v) is 5.98. The van der Waals surface area contributed by atoms with Gasteiger partial charge in [-0.2, -0.15) is 0 Å². The molecule has 0 saturated heterocycles. The van der Waals surface area contributed by atoms with Crippen LogP contribution in [-0.4, -0.2) is 5.91 Å². The van der Waals surface area contributed by atoms with Crippen molar-refractivity contribution < 1.29 is 13.9 Å². The van der Waals surface area contributed by atoms with Crippen LogP contribution in [0.25, 0.3) is 0 Å². The van der Waals surface area contributed by atoms with Crippen molar-refractivity contribution in [3.8, 4) is 5.75 Å². The van der Waals surface area contributed by atoms with E-state index >= 15 is 0 Å². The van der Waals surface area contributed by atoms with Gasteiger partial charge in [-0.1, -0.05) is 42.5 Å². The number of hydrogen-bond acceptors (Lipinski definition) is 3. The fourth-order valence-electron chi connectivity index (χ4n) is 2.48. The van der Waals surface area contributed by atoms with Crippen LogP contribution in [0, 0.1) is 0 Å². The molecule has 4 nitrogen and oxygen atoms in total. The van der Waals surface area contributed by atoms with Crippen LogP contribution in [0.1, 0.15) is 6.92 Å². The van der Waals surface area contributed by atoms with Crippen molar-refractivity contribution in [2.24, 2.45) is 0 Å². The van der Waals surface area contributed by atoms with Crippen LogP contribution in [0.4, 0.5) is 5.69 Å². The molecule has 3 rings (SSSR count). The monoisotopic (exact) mass is 351 g/mol. The highest BCUT2D eigenvalue weighted by atomic mass is 31.2. The number of hydrogen-bond donors (Lipinski definition) is 1. The maximum atomic E-state index is 13.9. The molecule has 0 bridgehead atoms. The molecule has 0 aliphatic rings. The number of anilines is 1. The lowest BCUT2D eigenvalue weighted by Crippen LogP contribution is -2.21. The Hall–Kier alpha value is -2.84. The molecule has 5 heteroatoms. The van der Waals surface area contributed by atoms with Crippen molar-refractivity contribution in [2.45, 2.75) is 6.92 Å². The summed E-state index contributed by atoms with van der Waals surface area (Å²) in [5.74, 6) is 0.343. The second kappa shape index (κ2) is 7.37. The Labute approximate surface area is 146 Å². The van der Waals surface area contributed by atoms with E-state index in [2.05, 4.69) is 5.32 Å². The van der Waals surface area contributed by atoms with Gasteiger partial charge in [0.25, 0.3) is 0 Å². The zero-order valence-corrected chi connectivity index (χ0v) is 14.6. The van der Waals surface area contributed by atoms with Gasteiger partial charge in [-0.15, -0.1) is 0 Å². The summed E-state index contributed by atoms with van der Waals surface area (Å²) in [7, 11) is -3.37. The van der Waals surface area contributed by atoms with Gasteiger partial charge in [0, 0.05) is 12.6 Å². The molecular formula is C20H18NO3P. The number of nitrogens with one attached hydrogen (secondary N) is 1. The van der Waals surface area contributed by atoms with Crippen molar-refractivity contribution >= 4 is 29.6 Å². The first kappa shape index (κ1) is 17.0. The van der Waals surface area contributed by atoms with Crippen LogP contribution in [0.15, 0.2) is 84.9 Å². The molecule has 0 unspecified atom stereocenters. The molecule has 126 valence electrons. The van der Waals surface area contributed by atoms with Gasteiger partial charge in [0.1, 0.15) is 5.75 Å². The Morgan fingerprint density at radius 2 is 1.44 bits per heavy atom. The predicted molar refractivity (Wildman–Crippen MR) is 101 cm³/mol. The number of rotatable bonds is 5. The maximum Gasteiger partial charge on any atom is 0.306 e. The highest BCUT2D eigenvalue weighted by Crippen LogP contribution is 2.45. The predicted octanol–water partition coefficient (Wildman–Crippen LogP) is 3.95. The summed E-state index contributed by atoms with van der Waals surface area (Å²) in [6, 6.07) is 25.1. The number of benzene rings is 3. The minimum Gasteiger partial charge on any atom is -0.437 e. The summed E-state index contributed by atoms with van der Waals surface area (Å²) in [6.45, 7) is 1.43. The summed E-state index contributed by atoms with van der Waals surface area (Å²) in [4.78, 5) is 11.3. The molecule has 0 heterocycles. The van der Waals surface area contributed by atoms with E-state index in [1.165, 1.54) is 6.92 Å². The molecular weight excluding hydrogens is 333 g/mol. The van der Waals surface area contributed by atoms with Gasteiger partial charge in [-0.3, -0.25) is 9.36 Å². The van der Waals surface area contributed by atoms with E-state index < -0.39 is 7.37 Å². The lowest BCUT2D eigenvalue weighted by molar-refractivity contribution is -0.114. The maximum absolute atomic E-state index is 13.9. The standard InChI is InChI=1S/C20H18NO3P/c1-16(22)21-17-9-8-14-20(15-17)25(23,19-12-6-3-7-13-19)24-18-10-4-2-5-11-18/h2-15H,1H3,(H,21,22)/t25-/m0/s1. The zero-order chi connectivity index (χ0) is 17.7. The third kappa shape index (κ3) is 3.98. The fraction of sp³-hybridized carbons (Fsp3) is 0.0500. The van der Waals surface area contributed by atoms with Crippen molar-refractivity contribution in [1.82, 2.24) is 0 Å². The van der Waals surface area contributed by atoms with E-state index in [9.17, 15) is 9.36 Å². The molecule has 0 saturated carbocycles.